The standard InChI is InChI=1S/C16H27NO2/c1-12(2)14-9-13(7-8-15(14)19-6)16(3,4)10-17-11-18-5/h7-9,12,17H,10-11H2,1-6H3. The second-order valence-electron chi connectivity index (χ2n) is 5.86. The Labute approximate surface area is 117 Å². The molecule has 0 saturated carbocycles. The van der Waals surface area contributed by atoms with E-state index in [-0.39, 0.29) is 5.41 Å². The molecule has 3 heteroatoms. The molecule has 3 nitrogen and oxygen atoms in total. The zero-order valence-electron chi connectivity index (χ0n) is 13.0. The first-order chi connectivity index (χ1) is 8.92. The minimum Gasteiger partial charge on any atom is -0.496 e. The number of hydrogen-bond donors (Lipinski definition) is 1. The van der Waals surface area contributed by atoms with E-state index in [0.717, 1.165) is 12.3 Å². The molecule has 0 heterocycles. The normalized spacial score (nSPS) is 11.9. The highest BCUT2D eigenvalue weighted by Gasteiger charge is 2.22. The minimum absolute atomic E-state index is 0.0639. The van der Waals surface area contributed by atoms with Gasteiger partial charge in [0.05, 0.1) is 13.8 Å². The highest BCUT2D eigenvalue weighted by molar-refractivity contribution is 5.41. The maximum atomic E-state index is 5.44. The Balaban J connectivity index is 2.96. The van der Waals surface area contributed by atoms with Crippen LogP contribution in [0.1, 0.15) is 44.7 Å². The Morgan fingerprint density at radius 2 is 1.89 bits per heavy atom. The van der Waals surface area contributed by atoms with Crippen LogP contribution in [-0.2, 0) is 10.2 Å². The molecule has 1 N–H and O–H groups in total. The van der Waals surface area contributed by atoms with Crippen LogP contribution in [0.2, 0.25) is 0 Å². The molecule has 19 heavy (non-hydrogen) atoms. The summed E-state index contributed by atoms with van der Waals surface area (Å²) >= 11 is 0. The minimum atomic E-state index is 0.0639. The average molecular weight is 265 g/mol. The van der Waals surface area contributed by atoms with E-state index in [0.29, 0.717) is 12.6 Å². The van der Waals surface area contributed by atoms with Crippen molar-refractivity contribution in [2.75, 3.05) is 27.5 Å². The first-order valence-corrected chi connectivity index (χ1v) is 6.80. The summed E-state index contributed by atoms with van der Waals surface area (Å²) in [6, 6.07) is 6.49. The van der Waals surface area contributed by atoms with Crippen molar-refractivity contribution in [3.05, 3.63) is 29.3 Å². The molecule has 1 rings (SSSR count). The number of benzene rings is 1. The van der Waals surface area contributed by atoms with Crippen molar-refractivity contribution in [1.82, 2.24) is 5.32 Å². The molecule has 0 aliphatic heterocycles. The molecule has 0 aliphatic rings. The lowest BCUT2D eigenvalue weighted by atomic mass is 9.82. The van der Waals surface area contributed by atoms with Crippen LogP contribution in [-0.4, -0.2) is 27.5 Å². The fraction of sp³-hybridized carbons (Fsp3) is 0.625. The van der Waals surface area contributed by atoms with E-state index in [1.165, 1.54) is 11.1 Å². The third kappa shape index (κ3) is 4.22. The van der Waals surface area contributed by atoms with Crippen molar-refractivity contribution < 1.29 is 9.47 Å². The SMILES string of the molecule is COCNCC(C)(C)c1ccc(OC)c(C(C)C)c1. The van der Waals surface area contributed by atoms with Gasteiger partial charge in [-0.1, -0.05) is 39.8 Å². The lowest BCUT2D eigenvalue weighted by molar-refractivity contribution is 0.169. The van der Waals surface area contributed by atoms with Gasteiger partial charge in [0.2, 0.25) is 0 Å². The van der Waals surface area contributed by atoms with E-state index in [1.807, 2.05) is 0 Å². The summed E-state index contributed by atoms with van der Waals surface area (Å²) in [5, 5.41) is 3.30. The van der Waals surface area contributed by atoms with Crippen LogP contribution in [0.5, 0.6) is 5.75 Å². The number of nitrogens with one attached hydrogen (secondary N) is 1. The van der Waals surface area contributed by atoms with Crippen molar-refractivity contribution in [2.45, 2.75) is 39.0 Å². The third-order valence-corrected chi connectivity index (χ3v) is 3.45. The van der Waals surface area contributed by atoms with Crippen molar-refractivity contribution in [2.24, 2.45) is 0 Å². The van der Waals surface area contributed by atoms with Crippen LogP contribution in [0, 0.1) is 0 Å². The van der Waals surface area contributed by atoms with Crippen molar-refractivity contribution in [3.8, 4) is 5.75 Å². The van der Waals surface area contributed by atoms with Gasteiger partial charge in [-0.15, -0.1) is 0 Å². The van der Waals surface area contributed by atoms with E-state index in [9.17, 15) is 0 Å². The van der Waals surface area contributed by atoms with E-state index < -0.39 is 0 Å². The largest absolute Gasteiger partial charge is 0.496 e. The summed E-state index contributed by atoms with van der Waals surface area (Å²) < 4.78 is 10.5. The lowest BCUT2D eigenvalue weighted by Crippen LogP contribution is -2.34. The van der Waals surface area contributed by atoms with Crippen LogP contribution in [0.4, 0.5) is 0 Å². The Kier molecular flexibility index (Phi) is 5.83. The number of methoxy groups -OCH3 is 2. The molecule has 0 amide bonds. The molecule has 0 aliphatic carbocycles. The maximum Gasteiger partial charge on any atom is 0.122 e. The van der Waals surface area contributed by atoms with Gasteiger partial charge in [-0.3, -0.25) is 5.32 Å². The molecule has 0 radical (unpaired) electrons. The highest BCUT2D eigenvalue weighted by Crippen LogP contribution is 2.32. The van der Waals surface area contributed by atoms with Crippen LogP contribution in [0.25, 0.3) is 0 Å². The van der Waals surface area contributed by atoms with Gasteiger partial charge in [-0.25, -0.2) is 0 Å². The summed E-state index contributed by atoms with van der Waals surface area (Å²) in [5.41, 5.74) is 2.65. The van der Waals surface area contributed by atoms with Crippen LogP contribution < -0.4 is 10.1 Å². The topological polar surface area (TPSA) is 30.5 Å². The summed E-state index contributed by atoms with van der Waals surface area (Å²) in [4.78, 5) is 0. The number of hydrogen-bond acceptors (Lipinski definition) is 3. The monoisotopic (exact) mass is 265 g/mol. The second kappa shape index (κ2) is 6.92. The fourth-order valence-electron chi connectivity index (χ4n) is 2.17. The quantitative estimate of drug-likeness (QED) is 0.606. The predicted molar refractivity (Wildman–Crippen MR) is 80.0 cm³/mol. The molecule has 0 spiro atoms. The number of rotatable bonds is 7. The average Bonchev–Trinajstić information content (AvgIpc) is 2.38. The van der Waals surface area contributed by atoms with E-state index in [1.54, 1.807) is 14.2 Å². The molecular formula is C16H27NO2. The Hall–Kier alpha value is -1.06. The molecule has 1 aromatic rings. The highest BCUT2D eigenvalue weighted by atomic mass is 16.5. The van der Waals surface area contributed by atoms with Crippen molar-refractivity contribution in [3.63, 3.8) is 0 Å². The van der Waals surface area contributed by atoms with Crippen molar-refractivity contribution in [1.29, 1.82) is 0 Å². The van der Waals surface area contributed by atoms with Gasteiger partial charge in [0.25, 0.3) is 0 Å². The molecular weight excluding hydrogens is 238 g/mol. The van der Waals surface area contributed by atoms with Gasteiger partial charge in [0, 0.05) is 19.1 Å². The zero-order chi connectivity index (χ0) is 14.5. The van der Waals surface area contributed by atoms with Gasteiger partial charge in [-0.05, 0) is 23.1 Å². The maximum absolute atomic E-state index is 5.44. The van der Waals surface area contributed by atoms with Gasteiger partial charge < -0.3 is 9.47 Å². The van der Waals surface area contributed by atoms with Crippen LogP contribution in [0.15, 0.2) is 18.2 Å². The Morgan fingerprint density at radius 1 is 1.21 bits per heavy atom. The van der Waals surface area contributed by atoms with Crippen LogP contribution >= 0.6 is 0 Å². The molecule has 0 saturated heterocycles. The van der Waals surface area contributed by atoms with E-state index in [2.05, 4.69) is 51.2 Å². The number of ether oxygens (including phenoxy) is 2. The van der Waals surface area contributed by atoms with E-state index >= 15 is 0 Å². The Morgan fingerprint density at radius 3 is 2.42 bits per heavy atom. The molecule has 108 valence electrons. The van der Waals surface area contributed by atoms with Gasteiger partial charge >= 0.3 is 0 Å². The van der Waals surface area contributed by atoms with Gasteiger partial charge in [-0.2, -0.15) is 0 Å². The smallest absolute Gasteiger partial charge is 0.122 e. The second-order valence-corrected chi connectivity index (χ2v) is 5.86. The van der Waals surface area contributed by atoms with E-state index in [4.69, 9.17) is 9.47 Å². The van der Waals surface area contributed by atoms with Gasteiger partial charge in [0.15, 0.2) is 0 Å². The summed E-state index contributed by atoms with van der Waals surface area (Å²) in [6.45, 7) is 10.3. The molecule has 0 unspecified atom stereocenters. The fourth-order valence-corrected chi connectivity index (χ4v) is 2.17. The van der Waals surface area contributed by atoms with Gasteiger partial charge in [0.1, 0.15) is 5.75 Å². The van der Waals surface area contributed by atoms with Crippen molar-refractivity contribution >= 4 is 0 Å². The first kappa shape index (κ1) is 16.0. The molecule has 0 atom stereocenters. The first-order valence-electron chi connectivity index (χ1n) is 6.80. The molecule has 1 aromatic carbocycles. The zero-order valence-corrected chi connectivity index (χ0v) is 13.0. The third-order valence-electron chi connectivity index (χ3n) is 3.45. The molecule has 0 fully saturated rings. The molecule has 0 aromatic heterocycles. The van der Waals surface area contributed by atoms with Crippen LogP contribution in [0.3, 0.4) is 0 Å². The summed E-state index contributed by atoms with van der Waals surface area (Å²) in [6.07, 6.45) is 0. The molecule has 0 bridgehead atoms. The predicted octanol–water partition coefficient (Wildman–Crippen LogP) is 3.29. The lowest BCUT2D eigenvalue weighted by Gasteiger charge is -2.27. The summed E-state index contributed by atoms with van der Waals surface area (Å²) in [7, 11) is 3.43. The Bertz CT molecular complexity index is 400. The summed E-state index contributed by atoms with van der Waals surface area (Å²) in [5.74, 6) is 1.43.